The summed E-state index contributed by atoms with van der Waals surface area (Å²) in [6.45, 7) is 5.77. The topological polar surface area (TPSA) is 81.4 Å². The molecular weight excluding hydrogens is 312 g/mol. The molecule has 0 bridgehead atoms. The number of carbonyl (C=O) groups is 2. The lowest BCUT2D eigenvalue weighted by Crippen LogP contribution is -2.28. The molecule has 0 radical (unpaired) electrons. The molecule has 6 heteroatoms. The first-order valence-electron chi connectivity index (χ1n) is 7.26. The van der Waals surface area contributed by atoms with E-state index in [1.165, 1.54) is 9.75 Å². The smallest absolute Gasteiger partial charge is 0.255 e. The number of benzene rings is 1. The van der Waals surface area contributed by atoms with Gasteiger partial charge in [0.2, 0.25) is 0 Å². The van der Waals surface area contributed by atoms with Crippen LogP contribution < -0.4 is 15.8 Å². The molecule has 1 aromatic carbocycles. The van der Waals surface area contributed by atoms with Crippen molar-refractivity contribution in [3.63, 3.8) is 0 Å². The standard InChI is InChI=1S/C17H20N2O3S/c1-10-8-14(12(3)23-10)11(2)19-17(21)13-6-4-5-7-15(13)22-9-16(18)20/h4-8,11H,9H2,1-3H3,(H2,18,20)(H,19,21). The largest absolute Gasteiger partial charge is 0.483 e. The van der Waals surface area contributed by atoms with E-state index in [9.17, 15) is 9.59 Å². The van der Waals surface area contributed by atoms with Crippen LogP contribution in [0.3, 0.4) is 0 Å². The summed E-state index contributed by atoms with van der Waals surface area (Å²) in [5.41, 5.74) is 6.57. The minimum atomic E-state index is -0.585. The van der Waals surface area contributed by atoms with Gasteiger partial charge in [-0.2, -0.15) is 0 Å². The summed E-state index contributed by atoms with van der Waals surface area (Å²) < 4.78 is 5.30. The van der Waals surface area contributed by atoms with Crippen molar-refractivity contribution in [2.24, 2.45) is 5.73 Å². The lowest BCUT2D eigenvalue weighted by molar-refractivity contribution is -0.119. The zero-order chi connectivity index (χ0) is 17.0. The molecule has 0 fully saturated rings. The van der Waals surface area contributed by atoms with E-state index in [1.807, 2.05) is 20.8 Å². The van der Waals surface area contributed by atoms with Crippen molar-refractivity contribution in [3.05, 3.63) is 51.2 Å². The average molecular weight is 332 g/mol. The van der Waals surface area contributed by atoms with Gasteiger partial charge in [-0.25, -0.2) is 0 Å². The summed E-state index contributed by atoms with van der Waals surface area (Å²) in [7, 11) is 0. The lowest BCUT2D eigenvalue weighted by atomic mass is 10.1. The number of rotatable bonds is 6. The van der Waals surface area contributed by atoms with Crippen LogP contribution in [-0.2, 0) is 4.79 Å². The Hall–Kier alpha value is -2.34. The van der Waals surface area contributed by atoms with Crippen LogP contribution in [0.2, 0.25) is 0 Å². The van der Waals surface area contributed by atoms with E-state index < -0.39 is 5.91 Å². The van der Waals surface area contributed by atoms with Gasteiger partial charge in [0.15, 0.2) is 6.61 Å². The average Bonchev–Trinajstić information content (AvgIpc) is 2.84. The third kappa shape index (κ3) is 4.32. The van der Waals surface area contributed by atoms with Gasteiger partial charge < -0.3 is 15.8 Å². The maximum atomic E-state index is 12.5. The molecule has 1 atom stereocenters. The predicted octanol–water partition coefficient (Wildman–Crippen LogP) is 2.72. The highest BCUT2D eigenvalue weighted by Gasteiger charge is 2.18. The van der Waals surface area contributed by atoms with Crippen LogP contribution in [0.25, 0.3) is 0 Å². The van der Waals surface area contributed by atoms with Gasteiger partial charge in [-0.05, 0) is 44.5 Å². The van der Waals surface area contributed by atoms with Crippen LogP contribution in [0.15, 0.2) is 30.3 Å². The van der Waals surface area contributed by atoms with E-state index in [0.29, 0.717) is 11.3 Å². The van der Waals surface area contributed by atoms with Crippen molar-refractivity contribution >= 4 is 23.2 Å². The molecule has 3 N–H and O–H groups in total. The fourth-order valence-electron chi connectivity index (χ4n) is 2.36. The fraction of sp³-hybridized carbons (Fsp3) is 0.294. The van der Waals surface area contributed by atoms with Gasteiger partial charge in [-0.15, -0.1) is 11.3 Å². The minimum Gasteiger partial charge on any atom is -0.483 e. The van der Waals surface area contributed by atoms with E-state index in [0.717, 1.165) is 5.56 Å². The summed E-state index contributed by atoms with van der Waals surface area (Å²) in [6.07, 6.45) is 0. The molecule has 2 rings (SSSR count). The molecule has 122 valence electrons. The van der Waals surface area contributed by atoms with Gasteiger partial charge in [0.1, 0.15) is 5.75 Å². The molecule has 2 aromatic rings. The normalized spacial score (nSPS) is 11.8. The molecule has 1 aromatic heterocycles. The Kier molecular flexibility index (Phi) is 5.39. The van der Waals surface area contributed by atoms with Gasteiger partial charge >= 0.3 is 0 Å². The number of hydrogen-bond acceptors (Lipinski definition) is 4. The predicted molar refractivity (Wildman–Crippen MR) is 90.8 cm³/mol. The summed E-state index contributed by atoms with van der Waals surface area (Å²) in [5.74, 6) is -0.493. The molecule has 0 aliphatic carbocycles. The number of primary amides is 1. The first-order valence-corrected chi connectivity index (χ1v) is 8.08. The van der Waals surface area contributed by atoms with E-state index in [2.05, 4.69) is 11.4 Å². The Labute approximate surface area is 139 Å². The fourth-order valence-corrected chi connectivity index (χ4v) is 3.38. The second kappa shape index (κ2) is 7.28. The van der Waals surface area contributed by atoms with Crippen molar-refractivity contribution in [2.45, 2.75) is 26.8 Å². The van der Waals surface area contributed by atoms with Crippen LogP contribution in [0, 0.1) is 13.8 Å². The minimum absolute atomic E-state index is 0.114. The third-order valence-corrected chi connectivity index (χ3v) is 4.38. The summed E-state index contributed by atoms with van der Waals surface area (Å²) >= 11 is 1.71. The zero-order valence-electron chi connectivity index (χ0n) is 13.4. The first-order chi connectivity index (χ1) is 10.9. The number of aryl methyl sites for hydroxylation is 2. The van der Waals surface area contributed by atoms with Crippen LogP contribution in [0.5, 0.6) is 5.75 Å². The number of nitrogens with one attached hydrogen (secondary N) is 1. The molecule has 2 amide bonds. The van der Waals surface area contributed by atoms with Crippen LogP contribution in [0.1, 0.15) is 38.6 Å². The molecule has 23 heavy (non-hydrogen) atoms. The number of para-hydroxylation sites is 1. The summed E-state index contributed by atoms with van der Waals surface area (Å²) in [6, 6.07) is 8.75. The number of thiophene rings is 1. The number of hydrogen-bond donors (Lipinski definition) is 2. The highest BCUT2D eigenvalue weighted by Crippen LogP contribution is 2.27. The van der Waals surface area contributed by atoms with Crippen LogP contribution in [0.4, 0.5) is 0 Å². The number of carbonyl (C=O) groups excluding carboxylic acids is 2. The Morgan fingerprint density at radius 1 is 1.30 bits per heavy atom. The Morgan fingerprint density at radius 3 is 2.61 bits per heavy atom. The summed E-state index contributed by atoms with van der Waals surface area (Å²) in [4.78, 5) is 25.8. The van der Waals surface area contributed by atoms with Gasteiger partial charge in [0.25, 0.3) is 11.8 Å². The molecular formula is C17H20N2O3S. The van der Waals surface area contributed by atoms with Crippen molar-refractivity contribution in [1.82, 2.24) is 5.32 Å². The van der Waals surface area contributed by atoms with Crippen molar-refractivity contribution in [2.75, 3.05) is 6.61 Å². The van der Waals surface area contributed by atoms with Gasteiger partial charge in [-0.3, -0.25) is 9.59 Å². The highest BCUT2D eigenvalue weighted by molar-refractivity contribution is 7.12. The van der Waals surface area contributed by atoms with Crippen LogP contribution >= 0.6 is 11.3 Å². The van der Waals surface area contributed by atoms with Gasteiger partial charge in [0.05, 0.1) is 11.6 Å². The highest BCUT2D eigenvalue weighted by atomic mass is 32.1. The maximum Gasteiger partial charge on any atom is 0.255 e. The number of amides is 2. The molecule has 1 heterocycles. The van der Waals surface area contributed by atoms with E-state index in [4.69, 9.17) is 10.5 Å². The quantitative estimate of drug-likeness (QED) is 0.853. The Bertz CT molecular complexity index is 724. The van der Waals surface area contributed by atoms with E-state index in [1.54, 1.807) is 35.6 Å². The SMILES string of the molecule is Cc1cc(C(C)NC(=O)c2ccccc2OCC(N)=O)c(C)s1. The molecule has 0 aliphatic heterocycles. The monoisotopic (exact) mass is 332 g/mol. The Balaban J connectivity index is 2.14. The first kappa shape index (κ1) is 17.0. The number of ether oxygens (including phenoxy) is 1. The molecule has 0 spiro atoms. The van der Waals surface area contributed by atoms with Gasteiger partial charge in [-0.1, -0.05) is 12.1 Å². The molecule has 0 aliphatic rings. The summed E-state index contributed by atoms with van der Waals surface area (Å²) in [5, 5.41) is 2.97. The Morgan fingerprint density at radius 2 is 2.00 bits per heavy atom. The maximum absolute atomic E-state index is 12.5. The second-order valence-corrected chi connectivity index (χ2v) is 6.78. The zero-order valence-corrected chi connectivity index (χ0v) is 14.2. The molecule has 1 unspecified atom stereocenters. The molecule has 0 saturated heterocycles. The second-order valence-electron chi connectivity index (χ2n) is 5.31. The molecule has 0 saturated carbocycles. The van der Waals surface area contributed by atoms with Crippen molar-refractivity contribution in [3.8, 4) is 5.75 Å². The van der Waals surface area contributed by atoms with Gasteiger partial charge in [0, 0.05) is 9.75 Å². The van der Waals surface area contributed by atoms with E-state index >= 15 is 0 Å². The lowest BCUT2D eigenvalue weighted by Gasteiger charge is -2.16. The third-order valence-electron chi connectivity index (χ3n) is 3.40. The van der Waals surface area contributed by atoms with Crippen molar-refractivity contribution in [1.29, 1.82) is 0 Å². The molecule has 5 nitrogen and oxygen atoms in total. The van der Waals surface area contributed by atoms with Crippen molar-refractivity contribution < 1.29 is 14.3 Å². The van der Waals surface area contributed by atoms with E-state index in [-0.39, 0.29) is 18.6 Å². The van der Waals surface area contributed by atoms with Crippen LogP contribution in [-0.4, -0.2) is 18.4 Å². The number of nitrogens with two attached hydrogens (primary N) is 1.